The maximum Gasteiger partial charge on any atom is 0.328 e. The lowest BCUT2D eigenvalue weighted by atomic mass is 9.87. The highest BCUT2D eigenvalue weighted by Gasteiger charge is 2.53. The van der Waals surface area contributed by atoms with Gasteiger partial charge in [0.2, 0.25) is 5.91 Å². The summed E-state index contributed by atoms with van der Waals surface area (Å²) >= 11 is 0. The Morgan fingerprint density at radius 3 is 2.22 bits per heavy atom. The molecule has 36 heavy (non-hydrogen) atoms. The molecule has 0 saturated carbocycles. The molecule has 1 amide bonds. The SMILES string of the molecule is CCCCCCCCCCC=CCCCCCC1(C)OC(=O)C(CN2C(=O)CCC2C(=O)OC)C1O. The third-order valence-electron chi connectivity index (χ3n) is 7.77. The summed E-state index contributed by atoms with van der Waals surface area (Å²) in [4.78, 5) is 38.2. The second kappa shape index (κ2) is 16.1. The predicted molar refractivity (Wildman–Crippen MR) is 140 cm³/mol. The van der Waals surface area contributed by atoms with Crippen molar-refractivity contribution in [3.63, 3.8) is 0 Å². The van der Waals surface area contributed by atoms with Gasteiger partial charge in [-0.2, -0.15) is 0 Å². The summed E-state index contributed by atoms with van der Waals surface area (Å²) in [6.07, 6.45) is 20.6. The molecule has 0 bridgehead atoms. The van der Waals surface area contributed by atoms with E-state index in [9.17, 15) is 19.5 Å². The van der Waals surface area contributed by atoms with Crippen LogP contribution in [0.2, 0.25) is 0 Å². The fraction of sp³-hybridized carbons (Fsp3) is 0.828. The van der Waals surface area contributed by atoms with Crippen LogP contribution < -0.4 is 0 Å². The van der Waals surface area contributed by atoms with Gasteiger partial charge in [-0.05, 0) is 51.9 Å². The van der Waals surface area contributed by atoms with Crippen LogP contribution in [0, 0.1) is 5.92 Å². The molecule has 2 heterocycles. The van der Waals surface area contributed by atoms with E-state index in [0.717, 1.165) is 32.1 Å². The van der Waals surface area contributed by atoms with Gasteiger partial charge in [-0.15, -0.1) is 0 Å². The van der Waals surface area contributed by atoms with Gasteiger partial charge >= 0.3 is 11.9 Å². The molecule has 1 N–H and O–H groups in total. The number of methoxy groups -OCH3 is 1. The minimum atomic E-state index is -1.01. The highest BCUT2D eigenvalue weighted by molar-refractivity contribution is 5.88. The lowest BCUT2D eigenvalue weighted by Crippen LogP contribution is -2.47. The monoisotopic (exact) mass is 507 g/mol. The maximum atomic E-state index is 12.6. The molecule has 2 aliphatic rings. The summed E-state index contributed by atoms with van der Waals surface area (Å²) in [6, 6.07) is -0.696. The van der Waals surface area contributed by atoms with Gasteiger partial charge < -0.3 is 19.5 Å². The van der Waals surface area contributed by atoms with E-state index in [2.05, 4.69) is 19.1 Å². The molecule has 4 unspecified atom stereocenters. The fourth-order valence-corrected chi connectivity index (χ4v) is 5.40. The number of aliphatic hydroxyl groups excluding tert-OH is 1. The van der Waals surface area contributed by atoms with Crippen LogP contribution in [0.3, 0.4) is 0 Å². The number of allylic oxidation sites excluding steroid dienone is 2. The van der Waals surface area contributed by atoms with Crippen molar-refractivity contribution in [2.24, 2.45) is 5.92 Å². The van der Waals surface area contributed by atoms with E-state index in [4.69, 9.17) is 9.47 Å². The zero-order valence-electron chi connectivity index (χ0n) is 22.8. The first kappa shape index (κ1) is 30.3. The third kappa shape index (κ3) is 9.20. The minimum absolute atomic E-state index is 0.0160. The Bertz CT molecular complexity index is 723. The van der Waals surface area contributed by atoms with Crippen molar-refractivity contribution in [1.29, 1.82) is 0 Å². The summed E-state index contributed by atoms with van der Waals surface area (Å²) < 4.78 is 10.4. The summed E-state index contributed by atoms with van der Waals surface area (Å²) in [5.41, 5.74) is -0.961. The van der Waals surface area contributed by atoms with Gasteiger partial charge in [0.15, 0.2) is 0 Å². The van der Waals surface area contributed by atoms with Crippen molar-refractivity contribution in [2.75, 3.05) is 13.7 Å². The zero-order valence-corrected chi connectivity index (χ0v) is 22.8. The summed E-state index contributed by atoms with van der Waals surface area (Å²) in [7, 11) is 1.28. The van der Waals surface area contributed by atoms with E-state index in [1.165, 1.54) is 63.4 Å². The van der Waals surface area contributed by atoms with Gasteiger partial charge in [-0.3, -0.25) is 9.59 Å². The molecule has 2 fully saturated rings. The Kier molecular flexibility index (Phi) is 13.5. The van der Waals surface area contributed by atoms with Gasteiger partial charge in [0.1, 0.15) is 23.7 Å². The number of rotatable bonds is 18. The Morgan fingerprint density at radius 2 is 1.61 bits per heavy atom. The van der Waals surface area contributed by atoms with Crippen molar-refractivity contribution in [3.8, 4) is 0 Å². The average molecular weight is 508 g/mol. The molecule has 0 aliphatic carbocycles. The normalized spacial score (nSPS) is 26.2. The molecule has 7 nitrogen and oxygen atoms in total. The quantitative estimate of drug-likeness (QED) is 0.150. The molecule has 0 aromatic carbocycles. The molecule has 0 radical (unpaired) electrons. The van der Waals surface area contributed by atoms with Gasteiger partial charge in [0.05, 0.1) is 7.11 Å². The standard InChI is InChI=1S/C29H49NO6/c1-4-5-6-7-8-9-10-11-12-13-14-15-16-17-18-21-29(2)26(32)23(27(33)36-29)22-30-24(28(34)35-3)19-20-25(30)31/h13-14,23-24,26,32H,4-12,15-22H2,1-3H3. The van der Waals surface area contributed by atoms with E-state index < -0.39 is 35.6 Å². The number of hydrogen-bond acceptors (Lipinski definition) is 6. The average Bonchev–Trinajstić information content (AvgIpc) is 3.33. The number of carbonyl (C=O) groups is 3. The van der Waals surface area contributed by atoms with E-state index in [0.29, 0.717) is 12.8 Å². The Labute approximate surface area is 218 Å². The van der Waals surface area contributed by atoms with Crippen LogP contribution in [-0.2, 0) is 23.9 Å². The van der Waals surface area contributed by atoms with Crippen molar-refractivity contribution in [1.82, 2.24) is 4.90 Å². The van der Waals surface area contributed by atoms with Gasteiger partial charge in [0, 0.05) is 13.0 Å². The second-order valence-electron chi connectivity index (χ2n) is 10.7. The van der Waals surface area contributed by atoms with Crippen LogP contribution in [0.1, 0.15) is 117 Å². The highest BCUT2D eigenvalue weighted by Crippen LogP contribution is 2.37. The molecule has 2 aliphatic heterocycles. The smallest absolute Gasteiger partial charge is 0.328 e. The molecule has 0 aromatic heterocycles. The Hall–Kier alpha value is -1.89. The highest BCUT2D eigenvalue weighted by atomic mass is 16.6. The predicted octanol–water partition coefficient (Wildman–Crippen LogP) is 5.48. The zero-order chi connectivity index (χ0) is 26.4. The number of amides is 1. The molecule has 2 rings (SSSR count). The van der Waals surface area contributed by atoms with Gasteiger partial charge in [0.25, 0.3) is 0 Å². The van der Waals surface area contributed by atoms with Gasteiger partial charge in [-0.1, -0.05) is 70.4 Å². The lowest BCUT2D eigenvalue weighted by molar-refractivity contribution is -0.153. The lowest BCUT2D eigenvalue weighted by Gasteiger charge is -2.29. The van der Waals surface area contributed by atoms with Crippen LogP contribution in [0.4, 0.5) is 0 Å². The van der Waals surface area contributed by atoms with E-state index in [1.54, 1.807) is 6.92 Å². The summed E-state index contributed by atoms with van der Waals surface area (Å²) in [5, 5.41) is 10.9. The van der Waals surface area contributed by atoms with Gasteiger partial charge in [-0.25, -0.2) is 4.79 Å². The van der Waals surface area contributed by atoms with Crippen LogP contribution in [-0.4, -0.2) is 59.3 Å². The molecule has 0 aromatic rings. The molecule has 7 heteroatoms. The number of unbranched alkanes of at least 4 members (excludes halogenated alkanes) is 11. The number of hydrogen-bond donors (Lipinski definition) is 1. The van der Waals surface area contributed by atoms with E-state index in [-0.39, 0.29) is 18.9 Å². The van der Waals surface area contributed by atoms with Crippen molar-refractivity contribution in [2.45, 2.75) is 134 Å². The first-order chi connectivity index (χ1) is 17.3. The van der Waals surface area contributed by atoms with E-state index in [1.807, 2.05) is 0 Å². The molecule has 206 valence electrons. The minimum Gasteiger partial charge on any atom is -0.467 e. The topological polar surface area (TPSA) is 93.1 Å². The number of cyclic esters (lactones) is 1. The van der Waals surface area contributed by atoms with Crippen LogP contribution in [0.5, 0.6) is 0 Å². The van der Waals surface area contributed by atoms with E-state index >= 15 is 0 Å². The first-order valence-electron chi connectivity index (χ1n) is 14.3. The molecular weight excluding hydrogens is 458 g/mol. The Morgan fingerprint density at radius 1 is 1.03 bits per heavy atom. The van der Waals surface area contributed by atoms with Crippen molar-refractivity contribution < 1.29 is 29.0 Å². The largest absolute Gasteiger partial charge is 0.467 e. The molecular formula is C29H49NO6. The van der Waals surface area contributed by atoms with Crippen LogP contribution in [0.15, 0.2) is 12.2 Å². The number of ether oxygens (including phenoxy) is 2. The molecule has 4 atom stereocenters. The first-order valence-corrected chi connectivity index (χ1v) is 14.3. The van der Waals surface area contributed by atoms with Crippen LogP contribution >= 0.6 is 0 Å². The number of aliphatic hydroxyl groups is 1. The summed E-state index contributed by atoms with van der Waals surface area (Å²) in [6.45, 7) is 4.00. The number of likely N-dealkylation sites (tertiary alicyclic amines) is 1. The molecule has 2 saturated heterocycles. The maximum absolute atomic E-state index is 12.6. The van der Waals surface area contributed by atoms with Crippen molar-refractivity contribution in [3.05, 3.63) is 12.2 Å². The number of nitrogens with zero attached hydrogens (tertiary/aromatic N) is 1. The number of esters is 2. The summed E-state index contributed by atoms with van der Waals surface area (Å²) in [5.74, 6) is -2.04. The Balaban J connectivity index is 1.61. The van der Waals surface area contributed by atoms with Crippen molar-refractivity contribution >= 4 is 17.8 Å². The fourth-order valence-electron chi connectivity index (χ4n) is 5.40. The number of carbonyl (C=O) groups excluding carboxylic acids is 3. The second-order valence-corrected chi connectivity index (χ2v) is 10.7. The third-order valence-corrected chi connectivity index (χ3v) is 7.77. The van der Waals surface area contributed by atoms with Crippen LogP contribution in [0.25, 0.3) is 0 Å². The molecule has 0 spiro atoms.